The normalized spacial score (nSPS) is 12.7. The Morgan fingerprint density at radius 2 is 1.72 bits per heavy atom. The number of hydrogen-bond donors (Lipinski definition) is 1. The third-order valence-electron chi connectivity index (χ3n) is 5.14. The second-order valence-electron chi connectivity index (χ2n) is 7.16. The van der Waals surface area contributed by atoms with E-state index in [2.05, 4.69) is 30.1 Å². The minimum Gasteiger partial charge on any atom is -0.457 e. The van der Waals surface area contributed by atoms with Crippen LogP contribution in [0, 0.1) is 0 Å². The number of fused-ring (bicyclic) bond motifs is 1. The largest absolute Gasteiger partial charge is 0.457 e. The lowest BCUT2D eigenvalue weighted by atomic mass is 9.89. The predicted molar refractivity (Wildman–Crippen MR) is 122 cm³/mol. The van der Waals surface area contributed by atoms with Gasteiger partial charge in [-0.3, -0.25) is 0 Å². The van der Waals surface area contributed by atoms with E-state index in [-0.39, 0.29) is 0 Å². The molecule has 0 amide bonds. The van der Waals surface area contributed by atoms with Crippen molar-refractivity contribution in [2.24, 2.45) is 0 Å². The van der Waals surface area contributed by atoms with Gasteiger partial charge in [0.2, 0.25) is 0 Å². The Labute approximate surface area is 177 Å². The molecule has 0 unspecified atom stereocenters. The lowest BCUT2D eigenvalue weighted by molar-refractivity contribution is 0.482. The quantitative estimate of drug-likeness (QED) is 0.455. The maximum Gasteiger partial charge on any atom is 0.127 e. The zero-order chi connectivity index (χ0) is 20.1. The highest BCUT2D eigenvalue weighted by atomic mass is 35.5. The molecule has 0 bridgehead atoms. The zero-order valence-electron chi connectivity index (χ0n) is 16.3. The van der Waals surface area contributed by atoms with Crippen molar-refractivity contribution >= 4 is 22.9 Å². The fourth-order valence-corrected chi connectivity index (χ4v) is 3.79. The molecule has 146 valence electrons. The van der Waals surface area contributed by atoms with Gasteiger partial charge in [-0.15, -0.1) is 0 Å². The maximum atomic E-state index is 6.20. The molecule has 0 aromatic heterocycles. The summed E-state index contributed by atoms with van der Waals surface area (Å²) in [4.78, 5) is 0. The molecule has 1 N–H and O–H groups in total. The van der Waals surface area contributed by atoms with Crippen molar-refractivity contribution in [3.63, 3.8) is 0 Å². The highest BCUT2D eigenvalue weighted by molar-refractivity contribution is 6.30. The lowest BCUT2D eigenvalue weighted by Crippen LogP contribution is -2.14. The minimum absolute atomic E-state index is 0.798. The van der Waals surface area contributed by atoms with E-state index in [1.165, 1.54) is 16.7 Å². The number of hydrogen-bond acceptors (Lipinski definition) is 2. The Morgan fingerprint density at radius 1 is 0.966 bits per heavy atom. The monoisotopic (exact) mass is 401 g/mol. The summed E-state index contributed by atoms with van der Waals surface area (Å²) in [6, 6.07) is 24.0. The first-order chi connectivity index (χ1) is 14.2. The first kappa shape index (κ1) is 19.4. The molecule has 1 aliphatic carbocycles. The number of nitrogens with one attached hydrogen (secondary N) is 1. The summed E-state index contributed by atoms with van der Waals surface area (Å²) in [5.74, 6) is 1.65. The summed E-state index contributed by atoms with van der Waals surface area (Å²) in [5, 5.41) is 4.25. The van der Waals surface area contributed by atoms with Crippen molar-refractivity contribution in [3.8, 4) is 11.5 Å². The van der Waals surface area contributed by atoms with E-state index < -0.39 is 0 Å². The third kappa shape index (κ3) is 4.90. The van der Waals surface area contributed by atoms with Crippen LogP contribution in [0.4, 0.5) is 0 Å². The number of para-hydroxylation sites is 1. The van der Waals surface area contributed by atoms with Crippen molar-refractivity contribution in [2.75, 3.05) is 6.54 Å². The number of rotatable bonds is 7. The summed E-state index contributed by atoms with van der Waals surface area (Å²) < 4.78 is 5.85. The van der Waals surface area contributed by atoms with Crippen LogP contribution in [0.1, 0.15) is 29.5 Å². The van der Waals surface area contributed by atoms with Gasteiger partial charge in [0.25, 0.3) is 0 Å². The van der Waals surface area contributed by atoms with Crippen molar-refractivity contribution in [1.82, 2.24) is 5.32 Å². The molecule has 3 aromatic carbocycles. The van der Waals surface area contributed by atoms with Crippen LogP contribution in [0.2, 0.25) is 5.02 Å². The fraction of sp³-hybridized carbons (Fsp3) is 0.154. The smallest absolute Gasteiger partial charge is 0.127 e. The van der Waals surface area contributed by atoms with E-state index in [4.69, 9.17) is 16.3 Å². The van der Waals surface area contributed by atoms with Gasteiger partial charge in [-0.05, 0) is 90.1 Å². The summed E-state index contributed by atoms with van der Waals surface area (Å²) in [6.07, 6.45) is 5.46. The molecule has 0 saturated carbocycles. The second-order valence-corrected chi connectivity index (χ2v) is 7.60. The summed E-state index contributed by atoms with van der Waals surface area (Å²) in [6.45, 7) is 5.02. The molecular weight excluding hydrogens is 378 g/mol. The van der Waals surface area contributed by atoms with E-state index in [1.807, 2.05) is 60.7 Å². The summed E-state index contributed by atoms with van der Waals surface area (Å²) in [7, 11) is 0. The number of benzene rings is 3. The van der Waals surface area contributed by atoms with E-state index >= 15 is 0 Å². The summed E-state index contributed by atoms with van der Waals surface area (Å²) >= 11 is 6.20. The van der Waals surface area contributed by atoms with Crippen LogP contribution in [0.25, 0.3) is 11.3 Å². The second kappa shape index (κ2) is 9.02. The molecule has 3 aromatic rings. The van der Waals surface area contributed by atoms with Crippen molar-refractivity contribution in [3.05, 3.63) is 107 Å². The SMILES string of the molecule is C=C(NCCC1=CCCc2ccc(Cl)cc21)c1ccc(Oc2ccccc2)cc1. The van der Waals surface area contributed by atoms with Gasteiger partial charge in [0.1, 0.15) is 11.5 Å². The van der Waals surface area contributed by atoms with Gasteiger partial charge >= 0.3 is 0 Å². The molecule has 0 aliphatic heterocycles. The van der Waals surface area contributed by atoms with Crippen molar-refractivity contribution in [2.45, 2.75) is 19.3 Å². The average molecular weight is 402 g/mol. The van der Waals surface area contributed by atoms with Crippen LogP contribution in [0.5, 0.6) is 11.5 Å². The van der Waals surface area contributed by atoms with Crippen molar-refractivity contribution < 1.29 is 4.74 Å². The molecule has 0 atom stereocenters. The zero-order valence-corrected chi connectivity index (χ0v) is 17.1. The molecule has 3 heteroatoms. The number of ether oxygens (including phenoxy) is 1. The molecule has 2 nitrogen and oxygen atoms in total. The van der Waals surface area contributed by atoms with Crippen LogP contribution in [-0.4, -0.2) is 6.54 Å². The Bertz CT molecular complexity index is 1020. The molecular formula is C26H24ClNO. The van der Waals surface area contributed by atoms with Crippen LogP contribution >= 0.6 is 11.6 Å². The Kier molecular flexibility index (Phi) is 6.02. The van der Waals surface area contributed by atoms with Crippen molar-refractivity contribution in [1.29, 1.82) is 0 Å². The standard InChI is InChI=1S/C26H24ClNO/c1-19(20-11-14-25(15-12-20)29-24-8-3-2-4-9-24)28-17-16-22-7-5-6-21-10-13-23(27)18-26(21)22/h2-4,7-15,18,28H,1,5-6,16-17H2. The lowest BCUT2D eigenvalue weighted by Gasteiger charge is -2.19. The topological polar surface area (TPSA) is 21.3 Å². The van der Waals surface area contributed by atoms with Gasteiger partial charge in [0, 0.05) is 17.3 Å². The molecule has 0 radical (unpaired) electrons. The van der Waals surface area contributed by atoms with Gasteiger partial charge in [0.15, 0.2) is 0 Å². The molecule has 29 heavy (non-hydrogen) atoms. The van der Waals surface area contributed by atoms with E-state index in [9.17, 15) is 0 Å². The first-order valence-corrected chi connectivity index (χ1v) is 10.3. The van der Waals surface area contributed by atoms with Gasteiger partial charge in [-0.2, -0.15) is 0 Å². The highest BCUT2D eigenvalue weighted by Gasteiger charge is 2.13. The first-order valence-electron chi connectivity index (χ1n) is 9.93. The number of allylic oxidation sites excluding steroid dienone is 1. The molecule has 4 rings (SSSR count). The molecule has 0 heterocycles. The number of halogens is 1. The van der Waals surface area contributed by atoms with Gasteiger partial charge in [0.05, 0.1) is 0 Å². The van der Waals surface area contributed by atoms with E-state index in [0.717, 1.165) is 53.6 Å². The van der Waals surface area contributed by atoms with Crippen LogP contribution in [-0.2, 0) is 6.42 Å². The maximum absolute atomic E-state index is 6.20. The van der Waals surface area contributed by atoms with E-state index in [1.54, 1.807) is 0 Å². The Balaban J connectivity index is 1.32. The number of aryl methyl sites for hydroxylation is 1. The minimum atomic E-state index is 0.798. The molecule has 1 aliphatic rings. The van der Waals surface area contributed by atoms with E-state index in [0.29, 0.717) is 0 Å². The van der Waals surface area contributed by atoms with Crippen LogP contribution in [0.15, 0.2) is 85.5 Å². The molecule has 0 fully saturated rings. The Hall–Kier alpha value is -2.97. The highest BCUT2D eigenvalue weighted by Crippen LogP contribution is 2.31. The fourth-order valence-electron chi connectivity index (χ4n) is 3.61. The molecule has 0 saturated heterocycles. The third-order valence-corrected chi connectivity index (χ3v) is 5.37. The van der Waals surface area contributed by atoms with Crippen LogP contribution < -0.4 is 10.1 Å². The predicted octanol–water partition coefficient (Wildman–Crippen LogP) is 7.11. The van der Waals surface area contributed by atoms with Gasteiger partial charge < -0.3 is 10.1 Å². The Morgan fingerprint density at radius 3 is 2.52 bits per heavy atom. The summed E-state index contributed by atoms with van der Waals surface area (Å²) in [5.41, 5.74) is 6.02. The van der Waals surface area contributed by atoms with Gasteiger partial charge in [-0.1, -0.05) is 48.5 Å². The average Bonchev–Trinajstić information content (AvgIpc) is 2.75. The van der Waals surface area contributed by atoms with Crippen LogP contribution in [0.3, 0.4) is 0 Å². The van der Waals surface area contributed by atoms with Gasteiger partial charge in [-0.25, -0.2) is 0 Å². The molecule has 0 spiro atoms.